The van der Waals surface area contributed by atoms with E-state index in [2.05, 4.69) is 0 Å². The highest BCUT2D eigenvalue weighted by molar-refractivity contribution is 7.95. The van der Waals surface area contributed by atoms with Crippen molar-refractivity contribution in [2.75, 3.05) is 6.54 Å². The molecule has 5 heteroatoms. The summed E-state index contributed by atoms with van der Waals surface area (Å²) >= 11 is 0. The van der Waals surface area contributed by atoms with Crippen molar-refractivity contribution in [3.05, 3.63) is 35.0 Å². The third-order valence-corrected chi connectivity index (χ3v) is 3.69. The Morgan fingerprint density at radius 1 is 1.36 bits per heavy atom. The van der Waals surface area contributed by atoms with E-state index in [4.69, 9.17) is 5.73 Å². The van der Waals surface area contributed by atoms with Gasteiger partial charge < -0.3 is 5.73 Å². The molecule has 0 aromatic heterocycles. The Morgan fingerprint density at radius 3 is 2.71 bits per heavy atom. The van der Waals surface area contributed by atoms with Gasteiger partial charge in [-0.25, -0.2) is 12.8 Å². The second-order valence-corrected chi connectivity index (χ2v) is 4.74. The Morgan fingerprint density at radius 2 is 2.07 bits per heavy atom. The quantitative estimate of drug-likeness (QED) is 0.754. The molecule has 0 radical (unpaired) electrons. The molecule has 0 aliphatic carbocycles. The van der Waals surface area contributed by atoms with E-state index in [0.29, 0.717) is 11.1 Å². The summed E-state index contributed by atoms with van der Waals surface area (Å²) in [5, 5.41) is 1.03. The molecule has 0 unspecified atom stereocenters. The summed E-state index contributed by atoms with van der Waals surface area (Å²) in [6.45, 7) is 0.0929. The van der Waals surface area contributed by atoms with Gasteiger partial charge in [0.2, 0.25) is 9.84 Å². The lowest BCUT2D eigenvalue weighted by molar-refractivity contribution is 0.573. The maximum Gasteiger partial charge on any atom is 0.203 e. The van der Waals surface area contributed by atoms with Crippen LogP contribution < -0.4 is 5.73 Å². The van der Waals surface area contributed by atoms with Crippen LogP contribution in [0.4, 0.5) is 4.39 Å². The molecular formula is C9H8FNO2S. The number of hydrogen-bond donors (Lipinski definition) is 1. The number of benzene rings is 1. The predicted octanol–water partition coefficient (Wildman–Crippen LogP) is 0.913. The van der Waals surface area contributed by atoms with Crippen molar-refractivity contribution in [1.82, 2.24) is 0 Å². The van der Waals surface area contributed by atoms with E-state index in [0.717, 1.165) is 11.5 Å². The van der Waals surface area contributed by atoms with Crippen LogP contribution in [-0.2, 0) is 9.84 Å². The van der Waals surface area contributed by atoms with Gasteiger partial charge >= 0.3 is 0 Å². The van der Waals surface area contributed by atoms with Crippen molar-refractivity contribution in [2.24, 2.45) is 5.73 Å². The Labute approximate surface area is 81.0 Å². The largest absolute Gasteiger partial charge is 0.326 e. The molecule has 3 nitrogen and oxygen atoms in total. The first kappa shape index (κ1) is 9.36. The van der Waals surface area contributed by atoms with E-state index in [1.807, 2.05) is 0 Å². The second kappa shape index (κ2) is 2.90. The van der Waals surface area contributed by atoms with Gasteiger partial charge in [0.25, 0.3) is 0 Å². The van der Waals surface area contributed by atoms with Crippen LogP contribution in [0.25, 0.3) is 5.57 Å². The molecular weight excluding hydrogens is 205 g/mol. The SMILES string of the molecule is NCC1=CS(=O)(=O)c2c(F)cccc21. The first-order valence-electron chi connectivity index (χ1n) is 4.01. The monoisotopic (exact) mass is 213 g/mol. The molecule has 0 atom stereocenters. The van der Waals surface area contributed by atoms with Gasteiger partial charge in [0, 0.05) is 17.5 Å². The highest BCUT2D eigenvalue weighted by atomic mass is 32.2. The number of halogens is 1. The Bertz CT molecular complexity index is 520. The van der Waals surface area contributed by atoms with Crippen molar-refractivity contribution in [2.45, 2.75) is 4.90 Å². The van der Waals surface area contributed by atoms with Gasteiger partial charge in [0.05, 0.1) is 0 Å². The molecule has 1 aromatic carbocycles. The van der Waals surface area contributed by atoms with Gasteiger partial charge in [-0.2, -0.15) is 0 Å². The fraction of sp³-hybridized carbons (Fsp3) is 0.111. The average molecular weight is 213 g/mol. The Kier molecular flexibility index (Phi) is 1.94. The summed E-state index contributed by atoms with van der Waals surface area (Å²) in [5.74, 6) is -0.720. The van der Waals surface area contributed by atoms with Crippen molar-refractivity contribution < 1.29 is 12.8 Å². The van der Waals surface area contributed by atoms with E-state index in [-0.39, 0.29) is 11.4 Å². The Hall–Kier alpha value is -1.20. The molecule has 2 rings (SSSR count). The lowest BCUT2D eigenvalue weighted by atomic mass is 10.1. The van der Waals surface area contributed by atoms with Gasteiger partial charge in [0.1, 0.15) is 10.7 Å². The van der Waals surface area contributed by atoms with E-state index < -0.39 is 15.7 Å². The molecule has 0 fully saturated rings. The molecule has 0 bridgehead atoms. The van der Waals surface area contributed by atoms with Gasteiger partial charge in [-0.1, -0.05) is 12.1 Å². The molecule has 74 valence electrons. The standard InChI is InChI=1S/C9H8FNO2S/c10-8-3-1-2-7-6(4-11)5-14(12,13)9(7)8/h1-3,5H,4,11H2. The van der Waals surface area contributed by atoms with Crippen LogP contribution in [-0.4, -0.2) is 15.0 Å². The average Bonchev–Trinajstić information content (AvgIpc) is 2.39. The van der Waals surface area contributed by atoms with Crippen LogP contribution in [0.5, 0.6) is 0 Å². The van der Waals surface area contributed by atoms with Crippen LogP contribution in [0.1, 0.15) is 5.56 Å². The summed E-state index contributed by atoms with van der Waals surface area (Å²) in [5.41, 5.74) is 6.20. The van der Waals surface area contributed by atoms with Crippen molar-refractivity contribution in [3.8, 4) is 0 Å². The van der Waals surface area contributed by atoms with E-state index in [1.54, 1.807) is 6.07 Å². The number of nitrogens with two attached hydrogens (primary N) is 1. The first-order valence-corrected chi connectivity index (χ1v) is 5.55. The fourth-order valence-electron chi connectivity index (χ4n) is 1.52. The van der Waals surface area contributed by atoms with E-state index in [1.165, 1.54) is 6.07 Å². The normalized spacial score (nSPS) is 17.7. The maximum atomic E-state index is 13.2. The minimum absolute atomic E-state index is 0.0929. The molecule has 1 heterocycles. The smallest absolute Gasteiger partial charge is 0.203 e. The van der Waals surface area contributed by atoms with E-state index in [9.17, 15) is 12.8 Å². The van der Waals surface area contributed by atoms with Crippen LogP contribution in [0, 0.1) is 5.82 Å². The summed E-state index contributed by atoms with van der Waals surface area (Å²) in [7, 11) is -3.61. The minimum Gasteiger partial charge on any atom is -0.326 e. The van der Waals surface area contributed by atoms with Gasteiger partial charge in [0.15, 0.2) is 0 Å². The van der Waals surface area contributed by atoms with Crippen LogP contribution in [0.2, 0.25) is 0 Å². The summed E-state index contributed by atoms with van der Waals surface area (Å²) in [6, 6.07) is 4.16. The molecule has 2 N–H and O–H groups in total. The molecule has 1 aliphatic rings. The fourth-order valence-corrected chi connectivity index (χ4v) is 3.08. The number of fused-ring (bicyclic) bond motifs is 1. The van der Waals surface area contributed by atoms with Crippen molar-refractivity contribution >= 4 is 15.4 Å². The molecule has 0 saturated heterocycles. The minimum atomic E-state index is -3.61. The highest BCUT2D eigenvalue weighted by Crippen LogP contribution is 2.34. The van der Waals surface area contributed by atoms with Crippen molar-refractivity contribution in [3.63, 3.8) is 0 Å². The predicted molar refractivity (Wildman–Crippen MR) is 50.6 cm³/mol. The summed E-state index contributed by atoms with van der Waals surface area (Å²) < 4.78 is 36.2. The lowest BCUT2D eigenvalue weighted by Crippen LogP contribution is -2.01. The van der Waals surface area contributed by atoms with Gasteiger partial charge in [-0.3, -0.25) is 0 Å². The molecule has 0 saturated carbocycles. The molecule has 1 aromatic rings. The number of sulfone groups is 1. The van der Waals surface area contributed by atoms with Crippen LogP contribution in [0.15, 0.2) is 28.5 Å². The van der Waals surface area contributed by atoms with Crippen LogP contribution in [0.3, 0.4) is 0 Å². The first-order chi connectivity index (χ1) is 6.56. The summed E-state index contributed by atoms with van der Waals surface area (Å²) in [6.07, 6.45) is 0. The zero-order chi connectivity index (χ0) is 10.3. The highest BCUT2D eigenvalue weighted by Gasteiger charge is 2.29. The van der Waals surface area contributed by atoms with Gasteiger partial charge in [-0.05, 0) is 11.6 Å². The lowest BCUT2D eigenvalue weighted by Gasteiger charge is -2.01. The summed E-state index contributed by atoms with van der Waals surface area (Å²) in [4.78, 5) is -0.250. The number of rotatable bonds is 1. The molecule has 0 amide bonds. The van der Waals surface area contributed by atoms with Crippen LogP contribution >= 0.6 is 0 Å². The maximum absolute atomic E-state index is 13.2. The van der Waals surface area contributed by atoms with Crippen molar-refractivity contribution in [1.29, 1.82) is 0 Å². The Balaban J connectivity index is 2.82. The zero-order valence-corrected chi connectivity index (χ0v) is 8.01. The third-order valence-electron chi connectivity index (χ3n) is 2.11. The number of hydrogen-bond acceptors (Lipinski definition) is 3. The topological polar surface area (TPSA) is 60.2 Å². The zero-order valence-electron chi connectivity index (χ0n) is 7.20. The molecule has 1 aliphatic heterocycles. The van der Waals surface area contributed by atoms with Gasteiger partial charge in [-0.15, -0.1) is 0 Å². The third kappa shape index (κ3) is 1.17. The van der Waals surface area contributed by atoms with E-state index >= 15 is 0 Å². The second-order valence-electron chi connectivity index (χ2n) is 3.01. The molecule has 0 spiro atoms. The molecule has 14 heavy (non-hydrogen) atoms.